The monoisotopic (exact) mass is 352 g/mol. The number of unbranched alkanes of at least 4 members (excludes halogenated alkanes) is 3. The van der Waals surface area contributed by atoms with Crippen LogP contribution in [0.15, 0.2) is 24.3 Å². The van der Waals surface area contributed by atoms with Gasteiger partial charge in [0.25, 0.3) is 0 Å². The van der Waals surface area contributed by atoms with E-state index >= 15 is 0 Å². The van der Waals surface area contributed by atoms with E-state index in [0.717, 1.165) is 12.8 Å². The van der Waals surface area contributed by atoms with E-state index in [9.17, 15) is 19.8 Å². The predicted molar refractivity (Wildman–Crippen MR) is 97.1 cm³/mol. The minimum Gasteiger partial charge on any atom is -0.481 e. The van der Waals surface area contributed by atoms with Crippen molar-refractivity contribution in [3.8, 4) is 0 Å². The highest BCUT2D eigenvalue weighted by Crippen LogP contribution is 2.33. The van der Waals surface area contributed by atoms with Crippen molar-refractivity contribution in [2.45, 2.75) is 76.9 Å². The lowest BCUT2D eigenvalue weighted by Crippen LogP contribution is -2.19. The predicted octanol–water partition coefficient (Wildman–Crippen LogP) is 3.25. The van der Waals surface area contributed by atoms with Gasteiger partial charge in [-0.2, -0.15) is 0 Å². The molecule has 1 rings (SSSR count). The minimum atomic E-state index is -0.879. The molecule has 5 nitrogen and oxygen atoms in total. The second-order valence-electron chi connectivity index (χ2n) is 6.87. The van der Waals surface area contributed by atoms with Gasteiger partial charge in [0, 0.05) is 24.7 Å². The van der Waals surface area contributed by atoms with Crippen LogP contribution in [0, 0.1) is 11.8 Å². The number of allylic oxidation sites excluding steroid dienone is 3. The van der Waals surface area contributed by atoms with Crippen molar-refractivity contribution in [3.05, 3.63) is 24.3 Å². The van der Waals surface area contributed by atoms with Crippen LogP contribution in [-0.4, -0.2) is 39.3 Å². The molecule has 0 radical (unpaired) electrons. The molecule has 0 aliphatic heterocycles. The summed E-state index contributed by atoms with van der Waals surface area (Å²) >= 11 is 0. The van der Waals surface area contributed by atoms with Crippen LogP contribution >= 0.6 is 0 Å². The lowest BCUT2D eigenvalue weighted by atomic mass is 9.90. The van der Waals surface area contributed by atoms with Crippen molar-refractivity contribution in [1.82, 2.24) is 0 Å². The van der Waals surface area contributed by atoms with Crippen LogP contribution < -0.4 is 0 Å². The molecule has 0 aromatic heterocycles. The highest BCUT2D eigenvalue weighted by atomic mass is 16.4. The smallest absolute Gasteiger partial charge is 0.303 e. The maximum absolute atomic E-state index is 12.1. The molecule has 0 aromatic rings. The molecular formula is C20H32O5. The summed E-state index contributed by atoms with van der Waals surface area (Å²) in [4.78, 5) is 22.6. The summed E-state index contributed by atoms with van der Waals surface area (Å²) in [6, 6.07) is 0. The molecule has 3 N–H and O–H groups in total. The van der Waals surface area contributed by atoms with Crippen LogP contribution in [0.2, 0.25) is 0 Å². The van der Waals surface area contributed by atoms with E-state index in [0.29, 0.717) is 19.3 Å². The van der Waals surface area contributed by atoms with Gasteiger partial charge in [0.1, 0.15) is 5.78 Å². The molecule has 4 atom stereocenters. The first-order valence-electron chi connectivity index (χ1n) is 9.39. The van der Waals surface area contributed by atoms with Crippen molar-refractivity contribution < 1.29 is 24.9 Å². The van der Waals surface area contributed by atoms with Crippen LogP contribution in [-0.2, 0) is 9.59 Å². The summed E-state index contributed by atoms with van der Waals surface area (Å²) in [6.45, 7) is 2.16. The second kappa shape index (κ2) is 12.0. The van der Waals surface area contributed by atoms with Crippen molar-refractivity contribution in [1.29, 1.82) is 0 Å². The third kappa shape index (κ3) is 8.45. The number of hydrogen-bond donors (Lipinski definition) is 3. The molecule has 1 fully saturated rings. The van der Waals surface area contributed by atoms with E-state index in [4.69, 9.17) is 5.11 Å². The number of rotatable bonds is 12. The number of ketones is 1. The van der Waals surface area contributed by atoms with Crippen molar-refractivity contribution in [2.24, 2.45) is 11.8 Å². The molecule has 0 spiro atoms. The van der Waals surface area contributed by atoms with Gasteiger partial charge in [-0.25, -0.2) is 0 Å². The Morgan fingerprint density at radius 2 is 2.04 bits per heavy atom. The van der Waals surface area contributed by atoms with E-state index in [1.54, 1.807) is 12.2 Å². The zero-order valence-corrected chi connectivity index (χ0v) is 15.1. The molecule has 1 saturated carbocycles. The van der Waals surface area contributed by atoms with E-state index in [2.05, 4.69) is 13.0 Å². The van der Waals surface area contributed by atoms with Crippen LogP contribution in [0.5, 0.6) is 0 Å². The molecule has 142 valence electrons. The fraction of sp³-hybridized carbons (Fsp3) is 0.700. The number of carboxylic acid groups (broad SMARTS) is 1. The fourth-order valence-electron chi connectivity index (χ4n) is 3.22. The highest BCUT2D eigenvalue weighted by molar-refractivity contribution is 5.86. The Hall–Kier alpha value is -1.46. The first-order valence-corrected chi connectivity index (χ1v) is 9.39. The summed E-state index contributed by atoms with van der Waals surface area (Å²) in [5.74, 6) is -1.39. The van der Waals surface area contributed by atoms with Gasteiger partial charge in [-0.1, -0.05) is 44.1 Å². The van der Waals surface area contributed by atoms with E-state index in [1.807, 2.05) is 6.08 Å². The van der Waals surface area contributed by atoms with Gasteiger partial charge in [0.15, 0.2) is 0 Å². The Morgan fingerprint density at radius 1 is 1.28 bits per heavy atom. The standard InChI is InChI=1S/C20H32O5/c1-2-3-4-5-6-7-10-16-17(19(23)14-18(16)22)13-12-15(21)9-8-11-20(24)25/h6-7,12-13,15-18,21-22H,2-5,8-11,14H2,1H3,(H,24,25)/b7-6-,13-12+/t15-,16-,17+,18-/m1/s1. The molecule has 1 aliphatic rings. The highest BCUT2D eigenvalue weighted by Gasteiger charge is 2.39. The number of aliphatic hydroxyl groups excluding tert-OH is 2. The summed E-state index contributed by atoms with van der Waals surface area (Å²) in [6.07, 6.45) is 12.2. The number of hydrogen-bond acceptors (Lipinski definition) is 4. The lowest BCUT2D eigenvalue weighted by Gasteiger charge is -2.17. The SMILES string of the molecule is CCCCC/C=C\C[C@H]1[C@H](O)CC(=O)[C@H]1/C=C/[C@H](O)CCCC(=O)O. The normalized spacial score (nSPS) is 25.2. The number of Topliss-reactive ketones (excluding diaryl/α,β-unsaturated/α-hetero) is 1. The average Bonchev–Trinajstić information content (AvgIpc) is 2.81. The van der Waals surface area contributed by atoms with Gasteiger partial charge in [-0.3, -0.25) is 9.59 Å². The Kier molecular flexibility index (Phi) is 10.3. The van der Waals surface area contributed by atoms with Crippen molar-refractivity contribution in [2.75, 3.05) is 0 Å². The molecule has 0 unspecified atom stereocenters. The number of carbonyl (C=O) groups is 2. The topological polar surface area (TPSA) is 94.8 Å². The van der Waals surface area contributed by atoms with Crippen molar-refractivity contribution >= 4 is 11.8 Å². The van der Waals surface area contributed by atoms with E-state index in [1.165, 1.54) is 12.8 Å². The van der Waals surface area contributed by atoms with Gasteiger partial charge in [-0.15, -0.1) is 0 Å². The molecule has 25 heavy (non-hydrogen) atoms. The Balaban J connectivity index is 2.49. The van der Waals surface area contributed by atoms with E-state index in [-0.39, 0.29) is 30.5 Å². The first kappa shape index (κ1) is 21.6. The molecule has 0 saturated heterocycles. The van der Waals surface area contributed by atoms with Gasteiger partial charge in [0.2, 0.25) is 0 Å². The molecule has 1 aliphatic carbocycles. The molecule has 5 heteroatoms. The maximum atomic E-state index is 12.1. The summed E-state index contributed by atoms with van der Waals surface area (Å²) in [5, 5.41) is 28.6. The Labute approximate surface area is 150 Å². The molecule has 0 amide bonds. The molecule has 0 aromatic carbocycles. The summed E-state index contributed by atoms with van der Waals surface area (Å²) in [7, 11) is 0. The number of carboxylic acids is 1. The third-order valence-electron chi connectivity index (χ3n) is 4.72. The quantitative estimate of drug-likeness (QED) is 0.370. The summed E-state index contributed by atoms with van der Waals surface area (Å²) < 4.78 is 0. The number of aliphatic carboxylic acids is 1. The zero-order chi connectivity index (χ0) is 18.7. The third-order valence-corrected chi connectivity index (χ3v) is 4.72. The van der Waals surface area contributed by atoms with Crippen LogP contribution in [0.3, 0.4) is 0 Å². The fourth-order valence-corrected chi connectivity index (χ4v) is 3.22. The summed E-state index contributed by atoms with van der Waals surface area (Å²) in [5.41, 5.74) is 0. The number of carbonyl (C=O) groups excluding carboxylic acids is 1. The first-order chi connectivity index (χ1) is 12.0. The zero-order valence-electron chi connectivity index (χ0n) is 15.1. The Bertz CT molecular complexity index is 469. The van der Waals surface area contributed by atoms with Gasteiger partial charge >= 0.3 is 5.97 Å². The molecule has 0 bridgehead atoms. The van der Waals surface area contributed by atoms with Crippen LogP contribution in [0.4, 0.5) is 0 Å². The van der Waals surface area contributed by atoms with Crippen LogP contribution in [0.1, 0.15) is 64.7 Å². The van der Waals surface area contributed by atoms with E-state index < -0.39 is 18.2 Å². The minimum absolute atomic E-state index is 0.00543. The Morgan fingerprint density at radius 3 is 2.72 bits per heavy atom. The lowest BCUT2D eigenvalue weighted by molar-refractivity contribution is -0.137. The molecular weight excluding hydrogens is 320 g/mol. The largest absolute Gasteiger partial charge is 0.481 e. The van der Waals surface area contributed by atoms with Gasteiger partial charge in [-0.05, 0) is 32.1 Å². The average molecular weight is 352 g/mol. The van der Waals surface area contributed by atoms with Crippen molar-refractivity contribution in [3.63, 3.8) is 0 Å². The maximum Gasteiger partial charge on any atom is 0.303 e. The van der Waals surface area contributed by atoms with Gasteiger partial charge in [0.05, 0.1) is 12.2 Å². The van der Waals surface area contributed by atoms with Gasteiger partial charge < -0.3 is 15.3 Å². The van der Waals surface area contributed by atoms with Crippen LogP contribution in [0.25, 0.3) is 0 Å². The number of aliphatic hydroxyl groups is 2. The molecule has 0 heterocycles. The second-order valence-corrected chi connectivity index (χ2v) is 6.87.